The number of para-hydroxylation sites is 1. The van der Waals surface area contributed by atoms with E-state index in [2.05, 4.69) is 10.6 Å². The fourth-order valence-electron chi connectivity index (χ4n) is 4.41. The SMILES string of the molecule is CC1=C(C(=O)Nc2ccccc2C)[C@@H](c2ccccc2C)C2=C(CCCC2=O)N1. The summed E-state index contributed by atoms with van der Waals surface area (Å²) >= 11 is 0. The largest absolute Gasteiger partial charge is 0.362 e. The van der Waals surface area contributed by atoms with Gasteiger partial charge in [0.25, 0.3) is 5.91 Å². The number of hydrogen-bond donors (Lipinski definition) is 2. The molecular weight excluding hydrogens is 360 g/mol. The third-order valence-corrected chi connectivity index (χ3v) is 5.91. The first-order chi connectivity index (χ1) is 14.0. The number of anilines is 1. The van der Waals surface area contributed by atoms with Crippen LogP contribution in [0.2, 0.25) is 0 Å². The molecule has 4 nitrogen and oxygen atoms in total. The normalized spacial score (nSPS) is 19.0. The van der Waals surface area contributed by atoms with E-state index in [0.717, 1.165) is 52.2 Å². The number of rotatable bonds is 3. The van der Waals surface area contributed by atoms with E-state index in [1.54, 1.807) is 0 Å². The molecule has 0 saturated carbocycles. The van der Waals surface area contributed by atoms with E-state index in [0.29, 0.717) is 12.0 Å². The highest BCUT2D eigenvalue weighted by molar-refractivity contribution is 6.10. The highest BCUT2D eigenvalue weighted by Crippen LogP contribution is 2.43. The standard InChI is InChI=1S/C25H26N2O2/c1-15-9-4-6-11-18(15)23-22(25(29)27-19-12-7-5-10-16(19)2)17(3)26-20-13-8-14-21(28)24(20)23/h4-7,9-12,23,26H,8,13-14H2,1-3H3,(H,27,29)/t23-/m1/s1. The van der Waals surface area contributed by atoms with Crippen LogP contribution < -0.4 is 10.6 Å². The van der Waals surface area contributed by atoms with Gasteiger partial charge >= 0.3 is 0 Å². The number of amides is 1. The van der Waals surface area contributed by atoms with Crippen LogP contribution in [0.4, 0.5) is 5.69 Å². The maximum atomic E-state index is 13.5. The number of hydrogen-bond acceptors (Lipinski definition) is 3. The minimum absolute atomic E-state index is 0.140. The van der Waals surface area contributed by atoms with Gasteiger partial charge < -0.3 is 10.6 Å². The molecular formula is C25H26N2O2. The zero-order valence-electron chi connectivity index (χ0n) is 17.1. The zero-order valence-corrected chi connectivity index (χ0v) is 17.1. The molecule has 4 rings (SSSR count). The summed E-state index contributed by atoms with van der Waals surface area (Å²) in [6.45, 7) is 5.94. The quantitative estimate of drug-likeness (QED) is 0.788. The fraction of sp³-hybridized carbons (Fsp3) is 0.280. The molecule has 1 aliphatic heterocycles. The first kappa shape index (κ1) is 19.2. The number of carbonyl (C=O) groups excluding carboxylic acids is 2. The van der Waals surface area contributed by atoms with E-state index in [4.69, 9.17) is 0 Å². The Morgan fingerprint density at radius 2 is 1.66 bits per heavy atom. The lowest BCUT2D eigenvalue weighted by Gasteiger charge is -2.35. The minimum Gasteiger partial charge on any atom is -0.362 e. The van der Waals surface area contributed by atoms with Gasteiger partial charge in [-0.15, -0.1) is 0 Å². The topological polar surface area (TPSA) is 58.2 Å². The number of dihydropyridines is 1. The molecule has 4 heteroatoms. The Morgan fingerprint density at radius 3 is 2.38 bits per heavy atom. The van der Waals surface area contributed by atoms with Crippen molar-refractivity contribution in [2.75, 3.05) is 5.32 Å². The van der Waals surface area contributed by atoms with E-state index in [1.165, 1.54) is 0 Å². The number of nitrogens with one attached hydrogen (secondary N) is 2. The molecule has 0 aromatic heterocycles. The molecule has 29 heavy (non-hydrogen) atoms. The molecule has 0 fully saturated rings. The van der Waals surface area contributed by atoms with Crippen molar-refractivity contribution in [3.05, 3.63) is 87.8 Å². The Kier molecular flexibility index (Phi) is 5.10. The summed E-state index contributed by atoms with van der Waals surface area (Å²) in [7, 11) is 0. The van der Waals surface area contributed by atoms with Gasteiger partial charge in [0.2, 0.25) is 0 Å². The highest BCUT2D eigenvalue weighted by Gasteiger charge is 2.38. The molecule has 1 amide bonds. The molecule has 1 heterocycles. The Labute approximate surface area is 171 Å². The van der Waals surface area contributed by atoms with Crippen LogP contribution >= 0.6 is 0 Å². The van der Waals surface area contributed by atoms with Crippen molar-refractivity contribution >= 4 is 17.4 Å². The number of carbonyl (C=O) groups is 2. The number of ketones is 1. The van der Waals surface area contributed by atoms with Crippen LogP contribution in [0.3, 0.4) is 0 Å². The molecule has 1 aliphatic carbocycles. The Balaban J connectivity index is 1.82. The molecule has 0 unspecified atom stereocenters. The van der Waals surface area contributed by atoms with Gasteiger partial charge in [-0.1, -0.05) is 42.5 Å². The number of Topliss-reactive ketones (excluding diaryl/α,β-unsaturated/α-hetero) is 1. The molecule has 1 atom stereocenters. The van der Waals surface area contributed by atoms with Crippen molar-refractivity contribution in [2.45, 2.75) is 46.0 Å². The van der Waals surface area contributed by atoms with Crippen LogP contribution in [0, 0.1) is 13.8 Å². The van der Waals surface area contributed by atoms with Crippen LogP contribution in [0.5, 0.6) is 0 Å². The lowest BCUT2D eigenvalue weighted by atomic mass is 9.74. The average Bonchev–Trinajstić information content (AvgIpc) is 2.69. The Bertz CT molecular complexity index is 1060. The van der Waals surface area contributed by atoms with Gasteiger partial charge in [0.1, 0.15) is 0 Å². The van der Waals surface area contributed by atoms with E-state index in [9.17, 15) is 9.59 Å². The van der Waals surface area contributed by atoms with Gasteiger partial charge in [-0.25, -0.2) is 0 Å². The predicted octanol–water partition coefficient (Wildman–Crippen LogP) is 4.91. The van der Waals surface area contributed by atoms with Crippen LogP contribution in [0.1, 0.15) is 48.8 Å². The molecule has 148 valence electrons. The van der Waals surface area contributed by atoms with Gasteiger partial charge in [0.15, 0.2) is 5.78 Å². The van der Waals surface area contributed by atoms with Crippen molar-refractivity contribution in [1.82, 2.24) is 5.32 Å². The monoisotopic (exact) mass is 386 g/mol. The first-order valence-corrected chi connectivity index (χ1v) is 10.1. The molecule has 0 saturated heterocycles. The number of benzene rings is 2. The molecule has 2 N–H and O–H groups in total. The summed E-state index contributed by atoms with van der Waals surface area (Å²) in [5, 5.41) is 6.45. The predicted molar refractivity (Wildman–Crippen MR) is 115 cm³/mol. The van der Waals surface area contributed by atoms with Gasteiger partial charge in [0, 0.05) is 40.6 Å². The van der Waals surface area contributed by atoms with Crippen molar-refractivity contribution in [3.8, 4) is 0 Å². The van der Waals surface area contributed by atoms with Crippen molar-refractivity contribution in [1.29, 1.82) is 0 Å². The van der Waals surface area contributed by atoms with Gasteiger partial charge in [-0.05, 0) is 56.4 Å². The van der Waals surface area contributed by atoms with Crippen LogP contribution in [0.15, 0.2) is 71.1 Å². The second-order valence-corrected chi connectivity index (χ2v) is 7.89. The van der Waals surface area contributed by atoms with E-state index >= 15 is 0 Å². The molecule has 0 radical (unpaired) electrons. The molecule has 2 aromatic carbocycles. The van der Waals surface area contributed by atoms with Crippen LogP contribution in [0.25, 0.3) is 0 Å². The summed E-state index contributed by atoms with van der Waals surface area (Å²) in [5.41, 5.74) is 7.06. The summed E-state index contributed by atoms with van der Waals surface area (Å²) < 4.78 is 0. The molecule has 2 aliphatic rings. The Morgan fingerprint density at radius 1 is 0.966 bits per heavy atom. The maximum absolute atomic E-state index is 13.5. The average molecular weight is 386 g/mol. The van der Waals surface area contributed by atoms with Crippen LogP contribution in [-0.4, -0.2) is 11.7 Å². The van der Waals surface area contributed by atoms with Crippen molar-refractivity contribution in [3.63, 3.8) is 0 Å². The van der Waals surface area contributed by atoms with E-state index in [-0.39, 0.29) is 17.6 Å². The van der Waals surface area contributed by atoms with Gasteiger partial charge in [-0.2, -0.15) is 0 Å². The fourth-order valence-corrected chi connectivity index (χ4v) is 4.41. The Hall–Kier alpha value is -3.14. The van der Waals surface area contributed by atoms with E-state index in [1.807, 2.05) is 69.3 Å². The number of allylic oxidation sites excluding steroid dienone is 3. The maximum Gasteiger partial charge on any atom is 0.254 e. The second-order valence-electron chi connectivity index (χ2n) is 7.89. The van der Waals surface area contributed by atoms with Gasteiger partial charge in [-0.3, -0.25) is 9.59 Å². The second kappa shape index (κ2) is 7.70. The van der Waals surface area contributed by atoms with Crippen molar-refractivity contribution in [2.24, 2.45) is 0 Å². The van der Waals surface area contributed by atoms with Crippen molar-refractivity contribution < 1.29 is 9.59 Å². The summed E-state index contributed by atoms with van der Waals surface area (Å²) in [5.74, 6) is -0.368. The summed E-state index contributed by atoms with van der Waals surface area (Å²) in [6, 6.07) is 15.8. The summed E-state index contributed by atoms with van der Waals surface area (Å²) in [6.07, 6.45) is 2.23. The smallest absolute Gasteiger partial charge is 0.254 e. The summed E-state index contributed by atoms with van der Waals surface area (Å²) in [4.78, 5) is 26.4. The van der Waals surface area contributed by atoms with Gasteiger partial charge in [0.05, 0.1) is 0 Å². The van der Waals surface area contributed by atoms with E-state index < -0.39 is 0 Å². The molecule has 0 bridgehead atoms. The lowest BCUT2D eigenvalue weighted by molar-refractivity contribution is -0.116. The minimum atomic E-state index is -0.343. The number of aryl methyl sites for hydroxylation is 2. The van der Waals surface area contributed by atoms with Crippen LogP contribution in [-0.2, 0) is 9.59 Å². The zero-order chi connectivity index (χ0) is 20.5. The first-order valence-electron chi connectivity index (χ1n) is 10.1. The lowest BCUT2D eigenvalue weighted by Crippen LogP contribution is -2.35. The molecule has 0 spiro atoms. The molecule has 2 aromatic rings. The highest BCUT2D eigenvalue weighted by atomic mass is 16.2. The third kappa shape index (κ3) is 3.51. The third-order valence-electron chi connectivity index (χ3n) is 5.91.